The molecule has 94 valence electrons. The number of halogens is 1. The number of rotatable bonds is 4. The highest BCUT2D eigenvalue weighted by Gasteiger charge is 2.11. The molecule has 1 unspecified atom stereocenters. The van der Waals surface area contributed by atoms with Crippen LogP contribution in [0, 0.1) is 0 Å². The molecular formula is C14H20ClNO. The molecule has 0 bridgehead atoms. The standard InChI is InChI=1S/C14H20ClNO/c15-14-6-2-1-4-12(14)8-11-17-13-5-3-9-16-10-7-13/h1-2,4,6,13,16H,3,5,7-11H2. The first kappa shape index (κ1) is 12.9. The molecule has 1 N–H and O–H groups in total. The summed E-state index contributed by atoms with van der Waals surface area (Å²) in [6.45, 7) is 2.98. The van der Waals surface area contributed by atoms with Crippen molar-refractivity contribution in [3.8, 4) is 0 Å². The average molecular weight is 254 g/mol. The van der Waals surface area contributed by atoms with Crippen LogP contribution in [0.15, 0.2) is 24.3 Å². The Balaban J connectivity index is 1.73. The number of hydrogen-bond donors (Lipinski definition) is 1. The Morgan fingerprint density at radius 1 is 1.24 bits per heavy atom. The van der Waals surface area contributed by atoms with Crippen molar-refractivity contribution in [2.45, 2.75) is 31.8 Å². The lowest BCUT2D eigenvalue weighted by molar-refractivity contribution is 0.0475. The molecule has 1 aliphatic heterocycles. The maximum Gasteiger partial charge on any atom is 0.0587 e. The van der Waals surface area contributed by atoms with E-state index in [4.69, 9.17) is 16.3 Å². The van der Waals surface area contributed by atoms with Gasteiger partial charge in [0.1, 0.15) is 0 Å². The molecule has 0 saturated carbocycles. The van der Waals surface area contributed by atoms with Gasteiger partial charge < -0.3 is 10.1 Å². The molecule has 17 heavy (non-hydrogen) atoms. The zero-order valence-electron chi connectivity index (χ0n) is 10.1. The molecule has 1 atom stereocenters. The molecule has 2 nitrogen and oxygen atoms in total. The Labute approximate surface area is 108 Å². The second-order valence-electron chi connectivity index (χ2n) is 4.52. The molecule has 1 fully saturated rings. The molecule has 1 aromatic carbocycles. The number of nitrogens with one attached hydrogen (secondary N) is 1. The molecule has 1 saturated heterocycles. The topological polar surface area (TPSA) is 21.3 Å². The second kappa shape index (κ2) is 7.00. The summed E-state index contributed by atoms with van der Waals surface area (Å²) >= 11 is 6.11. The minimum Gasteiger partial charge on any atom is -0.378 e. The maximum atomic E-state index is 6.11. The first-order chi connectivity index (χ1) is 8.36. The molecule has 2 rings (SSSR count). The van der Waals surface area contributed by atoms with Gasteiger partial charge in [-0.1, -0.05) is 29.8 Å². The monoisotopic (exact) mass is 253 g/mol. The van der Waals surface area contributed by atoms with Crippen LogP contribution >= 0.6 is 11.6 Å². The highest BCUT2D eigenvalue weighted by Crippen LogP contribution is 2.16. The molecule has 0 radical (unpaired) electrons. The van der Waals surface area contributed by atoms with Crippen molar-refractivity contribution in [2.24, 2.45) is 0 Å². The molecular weight excluding hydrogens is 234 g/mol. The average Bonchev–Trinajstić information content (AvgIpc) is 2.60. The summed E-state index contributed by atoms with van der Waals surface area (Å²) in [6.07, 6.45) is 4.85. The molecule has 1 aliphatic rings. The minimum atomic E-state index is 0.424. The number of ether oxygens (including phenoxy) is 1. The van der Waals surface area contributed by atoms with E-state index in [2.05, 4.69) is 11.4 Å². The molecule has 1 aromatic rings. The Bertz CT molecular complexity index is 335. The third kappa shape index (κ3) is 4.30. The van der Waals surface area contributed by atoms with Gasteiger partial charge in [0.25, 0.3) is 0 Å². The number of hydrogen-bond acceptors (Lipinski definition) is 2. The lowest BCUT2D eigenvalue weighted by Gasteiger charge is -2.15. The SMILES string of the molecule is Clc1ccccc1CCOC1CCCNCC1. The van der Waals surface area contributed by atoms with Gasteiger partial charge in [-0.2, -0.15) is 0 Å². The van der Waals surface area contributed by atoms with Gasteiger partial charge in [0.2, 0.25) is 0 Å². The molecule has 1 heterocycles. The molecule has 0 amide bonds. The molecule has 0 spiro atoms. The van der Waals surface area contributed by atoms with Crippen LogP contribution < -0.4 is 5.32 Å². The smallest absolute Gasteiger partial charge is 0.0587 e. The fraction of sp³-hybridized carbons (Fsp3) is 0.571. The summed E-state index contributed by atoms with van der Waals surface area (Å²) in [5, 5.41) is 4.24. The van der Waals surface area contributed by atoms with E-state index in [0.717, 1.165) is 37.6 Å². The van der Waals surface area contributed by atoms with Crippen molar-refractivity contribution in [1.82, 2.24) is 5.32 Å². The van der Waals surface area contributed by atoms with Gasteiger partial charge in [-0.25, -0.2) is 0 Å². The first-order valence-electron chi connectivity index (χ1n) is 6.42. The maximum absolute atomic E-state index is 6.11. The summed E-state index contributed by atoms with van der Waals surface area (Å²) in [4.78, 5) is 0. The van der Waals surface area contributed by atoms with E-state index in [1.54, 1.807) is 0 Å². The zero-order chi connectivity index (χ0) is 11.9. The van der Waals surface area contributed by atoms with Crippen molar-refractivity contribution < 1.29 is 4.74 Å². The summed E-state index contributed by atoms with van der Waals surface area (Å²) in [5.74, 6) is 0. The lowest BCUT2D eigenvalue weighted by atomic mass is 10.1. The minimum absolute atomic E-state index is 0.424. The van der Waals surface area contributed by atoms with Crippen molar-refractivity contribution in [3.63, 3.8) is 0 Å². The van der Waals surface area contributed by atoms with Gasteiger partial charge >= 0.3 is 0 Å². The Morgan fingerprint density at radius 2 is 2.12 bits per heavy atom. The van der Waals surface area contributed by atoms with Gasteiger partial charge in [-0.3, -0.25) is 0 Å². The fourth-order valence-electron chi connectivity index (χ4n) is 2.19. The van der Waals surface area contributed by atoms with Crippen molar-refractivity contribution in [2.75, 3.05) is 19.7 Å². The van der Waals surface area contributed by atoms with Crippen LogP contribution in [0.25, 0.3) is 0 Å². The summed E-state index contributed by atoms with van der Waals surface area (Å²) < 4.78 is 5.92. The number of benzene rings is 1. The van der Waals surface area contributed by atoms with Crippen LogP contribution in [0.4, 0.5) is 0 Å². The predicted molar refractivity (Wildman–Crippen MR) is 71.6 cm³/mol. The van der Waals surface area contributed by atoms with Crippen LogP contribution in [0.1, 0.15) is 24.8 Å². The zero-order valence-corrected chi connectivity index (χ0v) is 10.9. The summed E-state index contributed by atoms with van der Waals surface area (Å²) in [6, 6.07) is 7.99. The largest absolute Gasteiger partial charge is 0.378 e. The molecule has 0 aliphatic carbocycles. The third-order valence-corrected chi connectivity index (χ3v) is 3.57. The normalized spacial score (nSPS) is 21.1. The lowest BCUT2D eigenvalue weighted by Crippen LogP contribution is -2.18. The Morgan fingerprint density at radius 3 is 3.00 bits per heavy atom. The highest BCUT2D eigenvalue weighted by molar-refractivity contribution is 6.31. The Kier molecular flexibility index (Phi) is 5.30. The van der Waals surface area contributed by atoms with Crippen molar-refractivity contribution >= 4 is 11.6 Å². The van der Waals surface area contributed by atoms with Gasteiger partial charge in [0.15, 0.2) is 0 Å². The van der Waals surface area contributed by atoms with E-state index in [9.17, 15) is 0 Å². The quantitative estimate of drug-likeness (QED) is 0.891. The van der Waals surface area contributed by atoms with E-state index < -0.39 is 0 Å². The van der Waals surface area contributed by atoms with E-state index in [0.29, 0.717) is 6.10 Å². The van der Waals surface area contributed by atoms with Crippen LogP contribution in [-0.2, 0) is 11.2 Å². The van der Waals surface area contributed by atoms with E-state index in [1.165, 1.54) is 18.4 Å². The fourth-order valence-corrected chi connectivity index (χ4v) is 2.42. The van der Waals surface area contributed by atoms with Gasteiger partial charge in [0, 0.05) is 5.02 Å². The Hall–Kier alpha value is -0.570. The van der Waals surface area contributed by atoms with Crippen LogP contribution in [0.2, 0.25) is 5.02 Å². The summed E-state index contributed by atoms with van der Waals surface area (Å²) in [7, 11) is 0. The second-order valence-corrected chi connectivity index (χ2v) is 4.92. The third-order valence-electron chi connectivity index (χ3n) is 3.21. The molecule has 0 aromatic heterocycles. The van der Waals surface area contributed by atoms with Gasteiger partial charge in [0.05, 0.1) is 12.7 Å². The van der Waals surface area contributed by atoms with Gasteiger partial charge in [-0.15, -0.1) is 0 Å². The van der Waals surface area contributed by atoms with Crippen LogP contribution in [-0.4, -0.2) is 25.8 Å². The van der Waals surface area contributed by atoms with Crippen LogP contribution in [0.5, 0.6) is 0 Å². The van der Waals surface area contributed by atoms with Crippen LogP contribution in [0.3, 0.4) is 0 Å². The highest BCUT2D eigenvalue weighted by atomic mass is 35.5. The van der Waals surface area contributed by atoms with Gasteiger partial charge in [-0.05, 0) is 50.4 Å². The van der Waals surface area contributed by atoms with E-state index >= 15 is 0 Å². The van der Waals surface area contributed by atoms with E-state index in [1.807, 2.05) is 18.2 Å². The van der Waals surface area contributed by atoms with Crippen molar-refractivity contribution in [1.29, 1.82) is 0 Å². The molecule has 3 heteroatoms. The van der Waals surface area contributed by atoms with Crippen molar-refractivity contribution in [3.05, 3.63) is 34.9 Å². The summed E-state index contributed by atoms with van der Waals surface area (Å²) in [5.41, 5.74) is 1.18. The first-order valence-corrected chi connectivity index (χ1v) is 6.80. The van der Waals surface area contributed by atoms with E-state index in [-0.39, 0.29) is 0 Å². The predicted octanol–water partition coefficient (Wildman–Crippen LogP) is 3.04.